The zero-order chi connectivity index (χ0) is 19.1. The summed E-state index contributed by atoms with van der Waals surface area (Å²) in [6, 6.07) is 13.1. The second kappa shape index (κ2) is 9.02. The van der Waals surface area contributed by atoms with Crippen LogP contribution < -0.4 is 20.9 Å². The largest absolute Gasteiger partial charge is 0.356 e. The van der Waals surface area contributed by atoms with Crippen molar-refractivity contribution in [2.45, 2.75) is 25.4 Å². The molecule has 1 aromatic carbocycles. The average molecular weight is 367 g/mol. The van der Waals surface area contributed by atoms with Gasteiger partial charge in [0.1, 0.15) is 5.82 Å². The van der Waals surface area contributed by atoms with E-state index in [1.54, 1.807) is 25.4 Å². The first kappa shape index (κ1) is 18.7. The number of anilines is 1. The number of benzene rings is 1. The molecular weight excluding hydrogens is 342 g/mol. The maximum atomic E-state index is 12.2. The number of carbonyl (C=O) groups is 2. The van der Waals surface area contributed by atoms with Gasteiger partial charge in [0.25, 0.3) is 5.91 Å². The first-order valence-electron chi connectivity index (χ1n) is 9.17. The minimum Gasteiger partial charge on any atom is -0.356 e. The number of amides is 3. The van der Waals surface area contributed by atoms with Crippen LogP contribution in [-0.4, -0.2) is 43.1 Å². The normalized spacial score (nSPS) is 14.5. The van der Waals surface area contributed by atoms with Crippen molar-refractivity contribution in [3.05, 3.63) is 59.8 Å². The van der Waals surface area contributed by atoms with Gasteiger partial charge in [-0.2, -0.15) is 0 Å². The third-order valence-electron chi connectivity index (χ3n) is 4.67. The standard InChI is InChI=1S/C20H25N5O2/c1-21-19(26)16-6-4-5-15(13-16)14-23-20(27)24-17-8-11-25(12-9-17)18-7-2-3-10-22-18/h2-7,10,13,17H,8-9,11-12,14H2,1H3,(H,21,26)(H2,23,24,27). The fourth-order valence-corrected chi connectivity index (χ4v) is 3.18. The van der Waals surface area contributed by atoms with Crippen LogP contribution in [-0.2, 0) is 6.54 Å². The third kappa shape index (κ3) is 5.20. The summed E-state index contributed by atoms with van der Waals surface area (Å²) in [6.45, 7) is 2.12. The maximum absolute atomic E-state index is 12.2. The van der Waals surface area contributed by atoms with Crippen molar-refractivity contribution in [2.24, 2.45) is 0 Å². The van der Waals surface area contributed by atoms with Gasteiger partial charge in [-0.1, -0.05) is 18.2 Å². The number of pyridine rings is 1. The van der Waals surface area contributed by atoms with Gasteiger partial charge in [-0.05, 0) is 42.7 Å². The first-order valence-corrected chi connectivity index (χ1v) is 9.17. The number of carbonyl (C=O) groups excluding carboxylic acids is 2. The number of piperidine rings is 1. The number of hydrogen-bond donors (Lipinski definition) is 3. The first-order chi connectivity index (χ1) is 13.2. The molecule has 0 bridgehead atoms. The van der Waals surface area contributed by atoms with Gasteiger partial charge < -0.3 is 20.9 Å². The number of rotatable bonds is 5. The van der Waals surface area contributed by atoms with E-state index in [1.165, 1.54) is 0 Å². The zero-order valence-corrected chi connectivity index (χ0v) is 15.4. The quantitative estimate of drug-likeness (QED) is 0.753. The fraction of sp³-hybridized carbons (Fsp3) is 0.350. The highest BCUT2D eigenvalue weighted by Gasteiger charge is 2.21. The Morgan fingerprint density at radius 2 is 1.96 bits per heavy atom. The lowest BCUT2D eigenvalue weighted by molar-refractivity contribution is 0.0963. The Morgan fingerprint density at radius 1 is 1.15 bits per heavy atom. The molecule has 1 aliphatic rings. The van der Waals surface area contributed by atoms with Crippen LogP contribution in [0.4, 0.5) is 10.6 Å². The Labute approximate surface area is 159 Å². The molecule has 0 atom stereocenters. The molecule has 2 aromatic rings. The minimum absolute atomic E-state index is 0.138. The van der Waals surface area contributed by atoms with E-state index in [-0.39, 0.29) is 18.0 Å². The molecule has 3 N–H and O–H groups in total. The van der Waals surface area contributed by atoms with Crippen LogP contribution >= 0.6 is 0 Å². The van der Waals surface area contributed by atoms with Crippen molar-refractivity contribution >= 4 is 17.8 Å². The number of urea groups is 1. The summed E-state index contributed by atoms with van der Waals surface area (Å²) in [7, 11) is 1.60. The average Bonchev–Trinajstić information content (AvgIpc) is 2.73. The second-order valence-electron chi connectivity index (χ2n) is 6.56. The van der Waals surface area contributed by atoms with Crippen molar-refractivity contribution in [3.63, 3.8) is 0 Å². The summed E-state index contributed by atoms with van der Waals surface area (Å²) < 4.78 is 0. The Hall–Kier alpha value is -3.09. The van der Waals surface area contributed by atoms with Crippen LogP contribution in [0.5, 0.6) is 0 Å². The molecule has 0 unspecified atom stereocenters. The number of nitrogens with one attached hydrogen (secondary N) is 3. The summed E-state index contributed by atoms with van der Waals surface area (Å²) in [6.07, 6.45) is 3.57. The van der Waals surface area contributed by atoms with Gasteiger partial charge in [0.2, 0.25) is 0 Å². The van der Waals surface area contributed by atoms with E-state index in [1.807, 2.05) is 30.3 Å². The molecule has 0 radical (unpaired) electrons. The van der Waals surface area contributed by atoms with Gasteiger partial charge in [-0.15, -0.1) is 0 Å². The molecule has 1 aromatic heterocycles. The lowest BCUT2D eigenvalue weighted by Crippen LogP contribution is -2.48. The Morgan fingerprint density at radius 3 is 2.67 bits per heavy atom. The minimum atomic E-state index is -0.184. The lowest BCUT2D eigenvalue weighted by Gasteiger charge is -2.33. The summed E-state index contributed by atoms with van der Waals surface area (Å²) in [5.41, 5.74) is 1.47. The van der Waals surface area contributed by atoms with E-state index < -0.39 is 0 Å². The van der Waals surface area contributed by atoms with Crippen molar-refractivity contribution in [2.75, 3.05) is 25.0 Å². The predicted octanol–water partition coefficient (Wildman–Crippen LogP) is 1.91. The van der Waals surface area contributed by atoms with E-state index in [0.29, 0.717) is 12.1 Å². The van der Waals surface area contributed by atoms with E-state index in [4.69, 9.17) is 0 Å². The van der Waals surface area contributed by atoms with Crippen LogP contribution in [0.15, 0.2) is 48.7 Å². The highest BCUT2D eigenvalue weighted by atomic mass is 16.2. The molecule has 1 fully saturated rings. The highest BCUT2D eigenvalue weighted by Crippen LogP contribution is 2.17. The monoisotopic (exact) mass is 367 g/mol. The van der Waals surface area contributed by atoms with Gasteiger partial charge >= 0.3 is 6.03 Å². The molecule has 1 aliphatic heterocycles. The Bertz CT molecular complexity index is 773. The number of hydrogen-bond acceptors (Lipinski definition) is 4. The Kier molecular flexibility index (Phi) is 6.25. The molecule has 0 aliphatic carbocycles. The molecule has 3 rings (SSSR count). The number of aromatic nitrogens is 1. The maximum Gasteiger partial charge on any atom is 0.315 e. The molecule has 7 nitrogen and oxygen atoms in total. The summed E-state index contributed by atoms with van der Waals surface area (Å²) in [5.74, 6) is 0.845. The second-order valence-corrected chi connectivity index (χ2v) is 6.56. The molecule has 1 saturated heterocycles. The smallest absolute Gasteiger partial charge is 0.315 e. The van der Waals surface area contributed by atoms with Crippen LogP contribution in [0.25, 0.3) is 0 Å². The Balaban J connectivity index is 1.43. The van der Waals surface area contributed by atoms with Crippen LogP contribution in [0.3, 0.4) is 0 Å². The van der Waals surface area contributed by atoms with Crippen molar-refractivity contribution < 1.29 is 9.59 Å². The van der Waals surface area contributed by atoms with Crippen LogP contribution in [0, 0.1) is 0 Å². The molecule has 142 valence electrons. The van der Waals surface area contributed by atoms with Gasteiger partial charge in [0.05, 0.1) is 0 Å². The molecule has 0 saturated carbocycles. The van der Waals surface area contributed by atoms with Gasteiger partial charge in [0, 0.05) is 44.5 Å². The lowest BCUT2D eigenvalue weighted by atomic mass is 10.1. The molecule has 27 heavy (non-hydrogen) atoms. The summed E-state index contributed by atoms with van der Waals surface area (Å²) >= 11 is 0. The van der Waals surface area contributed by atoms with Gasteiger partial charge in [-0.3, -0.25) is 4.79 Å². The topological polar surface area (TPSA) is 86.4 Å². The van der Waals surface area contributed by atoms with Crippen molar-refractivity contribution in [1.29, 1.82) is 0 Å². The van der Waals surface area contributed by atoms with E-state index in [9.17, 15) is 9.59 Å². The summed E-state index contributed by atoms with van der Waals surface area (Å²) in [4.78, 5) is 30.5. The summed E-state index contributed by atoms with van der Waals surface area (Å²) in [5, 5.41) is 8.49. The number of nitrogens with zero attached hydrogens (tertiary/aromatic N) is 2. The SMILES string of the molecule is CNC(=O)c1cccc(CNC(=O)NC2CCN(c3ccccn3)CC2)c1. The highest BCUT2D eigenvalue weighted by molar-refractivity contribution is 5.94. The van der Waals surface area contributed by atoms with E-state index >= 15 is 0 Å². The van der Waals surface area contributed by atoms with Gasteiger partial charge in [-0.25, -0.2) is 9.78 Å². The van der Waals surface area contributed by atoms with Crippen LogP contribution in [0.2, 0.25) is 0 Å². The molecule has 3 amide bonds. The molecule has 7 heteroatoms. The van der Waals surface area contributed by atoms with Gasteiger partial charge in [0.15, 0.2) is 0 Å². The van der Waals surface area contributed by atoms with Crippen molar-refractivity contribution in [1.82, 2.24) is 20.9 Å². The molecule has 0 spiro atoms. The zero-order valence-electron chi connectivity index (χ0n) is 15.4. The fourth-order valence-electron chi connectivity index (χ4n) is 3.18. The van der Waals surface area contributed by atoms with E-state index in [2.05, 4.69) is 25.8 Å². The third-order valence-corrected chi connectivity index (χ3v) is 4.67. The predicted molar refractivity (Wildman–Crippen MR) is 105 cm³/mol. The van der Waals surface area contributed by atoms with E-state index in [0.717, 1.165) is 37.3 Å². The molecular formula is C20H25N5O2. The van der Waals surface area contributed by atoms with Crippen LogP contribution in [0.1, 0.15) is 28.8 Å². The van der Waals surface area contributed by atoms with Crippen molar-refractivity contribution in [3.8, 4) is 0 Å². The molecule has 2 heterocycles.